The molecule has 0 atom stereocenters. The molecule has 0 radical (unpaired) electrons. The van der Waals surface area contributed by atoms with Crippen LogP contribution in [0.5, 0.6) is 0 Å². The van der Waals surface area contributed by atoms with E-state index in [1.54, 1.807) is 4.31 Å². The summed E-state index contributed by atoms with van der Waals surface area (Å²) in [7, 11) is -3.18. The smallest absolute Gasteiger partial charge is 0.271 e. The number of aryl methyl sites for hydroxylation is 1. The highest BCUT2D eigenvalue weighted by molar-refractivity contribution is 7.90. The Balaban J connectivity index is 1.48. The summed E-state index contributed by atoms with van der Waals surface area (Å²) < 4.78 is 30.3. The van der Waals surface area contributed by atoms with Gasteiger partial charge in [-0.2, -0.15) is 4.31 Å². The molecule has 8 nitrogen and oxygen atoms in total. The maximum atomic E-state index is 12.5. The summed E-state index contributed by atoms with van der Waals surface area (Å²) >= 11 is 2.43. The molecule has 0 spiro atoms. The summed E-state index contributed by atoms with van der Waals surface area (Å²) in [6, 6.07) is 0. The average Bonchev–Trinajstić information content (AvgIpc) is 3.25. The highest BCUT2D eigenvalue weighted by Gasteiger charge is 2.41. The largest absolute Gasteiger partial charge is 0.297 e. The lowest BCUT2D eigenvalue weighted by molar-refractivity contribution is 0.102. The first kappa shape index (κ1) is 18.0. The second-order valence-electron chi connectivity index (χ2n) is 6.47. The topological polar surface area (TPSA) is 105 Å². The lowest BCUT2D eigenvalue weighted by Crippen LogP contribution is -2.37. The molecular formula is C15H19N5O3S3. The molecule has 1 aliphatic heterocycles. The molecule has 26 heavy (non-hydrogen) atoms. The van der Waals surface area contributed by atoms with Crippen LogP contribution < -0.4 is 5.32 Å². The van der Waals surface area contributed by atoms with Gasteiger partial charge in [0.05, 0.1) is 16.6 Å². The van der Waals surface area contributed by atoms with Gasteiger partial charge in [-0.1, -0.05) is 17.8 Å². The minimum atomic E-state index is -3.18. The van der Waals surface area contributed by atoms with Gasteiger partial charge in [-0.05, 0) is 30.8 Å². The number of sulfonamides is 1. The number of thiazole rings is 1. The average molecular weight is 414 g/mol. The summed E-state index contributed by atoms with van der Waals surface area (Å²) in [5, 5.41) is 7.13. The van der Waals surface area contributed by atoms with Crippen molar-refractivity contribution in [3.63, 3.8) is 0 Å². The minimum Gasteiger partial charge on any atom is -0.297 e. The number of carbonyl (C=O) groups is 1. The van der Waals surface area contributed by atoms with Crippen LogP contribution in [0.2, 0.25) is 0 Å². The molecule has 0 bridgehead atoms. The third-order valence-corrected chi connectivity index (χ3v) is 8.58. The molecule has 4 rings (SSSR count). The molecular weight excluding hydrogens is 394 g/mol. The van der Waals surface area contributed by atoms with Gasteiger partial charge in [0.1, 0.15) is 4.88 Å². The fourth-order valence-corrected chi connectivity index (χ4v) is 6.47. The fourth-order valence-electron chi connectivity index (χ4n) is 2.95. The number of hydrogen-bond acceptors (Lipinski definition) is 8. The lowest BCUT2D eigenvalue weighted by atomic mass is 10.2. The van der Waals surface area contributed by atoms with Gasteiger partial charge in [-0.15, -0.1) is 16.4 Å². The number of fused-ring (bicyclic) bond motifs is 1. The van der Waals surface area contributed by atoms with Crippen molar-refractivity contribution < 1.29 is 13.2 Å². The summed E-state index contributed by atoms with van der Waals surface area (Å²) in [4.78, 5) is 18.4. The van der Waals surface area contributed by atoms with Gasteiger partial charge in [0, 0.05) is 24.4 Å². The molecule has 140 valence electrons. The maximum Gasteiger partial charge on any atom is 0.271 e. The van der Waals surface area contributed by atoms with E-state index >= 15 is 0 Å². The van der Waals surface area contributed by atoms with Crippen LogP contribution >= 0.6 is 22.9 Å². The van der Waals surface area contributed by atoms with Gasteiger partial charge in [0.2, 0.25) is 10.0 Å². The van der Waals surface area contributed by atoms with Gasteiger partial charge < -0.3 is 0 Å². The molecule has 2 aliphatic rings. The Labute approximate surface area is 159 Å². The molecule has 1 N–H and O–H groups in total. The zero-order valence-corrected chi connectivity index (χ0v) is 16.7. The van der Waals surface area contributed by atoms with E-state index in [0.717, 1.165) is 41.4 Å². The van der Waals surface area contributed by atoms with Crippen LogP contribution in [0.3, 0.4) is 0 Å². The van der Waals surface area contributed by atoms with Crippen molar-refractivity contribution in [1.82, 2.24) is 18.9 Å². The van der Waals surface area contributed by atoms with E-state index in [4.69, 9.17) is 0 Å². The van der Waals surface area contributed by atoms with E-state index in [9.17, 15) is 13.2 Å². The summed E-state index contributed by atoms with van der Waals surface area (Å²) in [5.74, 6) is -0.253. The molecule has 11 heteroatoms. The summed E-state index contributed by atoms with van der Waals surface area (Å²) in [6.45, 7) is 2.84. The zero-order valence-electron chi connectivity index (χ0n) is 14.3. The minimum absolute atomic E-state index is 0.202. The van der Waals surface area contributed by atoms with Gasteiger partial charge in [-0.25, -0.2) is 13.4 Å². The third-order valence-electron chi connectivity index (χ3n) is 4.47. The van der Waals surface area contributed by atoms with E-state index in [1.165, 1.54) is 11.3 Å². The monoisotopic (exact) mass is 413 g/mol. The van der Waals surface area contributed by atoms with Crippen LogP contribution in [0.15, 0.2) is 0 Å². The first-order valence-corrected chi connectivity index (χ1v) is 11.7. The lowest BCUT2D eigenvalue weighted by Gasteiger charge is -2.25. The van der Waals surface area contributed by atoms with Gasteiger partial charge in [0.25, 0.3) is 5.91 Å². The SMILES string of the molecule is CCCc1nnsc1C(=O)Nc1nc2c(s1)CN(S(=O)(=O)C1CC1)CC2. The Hall–Kier alpha value is -1.43. The number of carbonyl (C=O) groups excluding carboxylic acids is 1. The second kappa shape index (κ2) is 6.95. The van der Waals surface area contributed by atoms with Gasteiger partial charge in [-0.3, -0.25) is 10.1 Å². The quantitative estimate of drug-likeness (QED) is 0.777. The number of rotatable bonds is 6. The third kappa shape index (κ3) is 3.40. The Morgan fingerprint density at radius 3 is 2.92 bits per heavy atom. The molecule has 1 aliphatic carbocycles. The fraction of sp³-hybridized carbons (Fsp3) is 0.600. The summed E-state index contributed by atoms with van der Waals surface area (Å²) in [5.41, 5.74) is 1.58. The van der Waals surface area contributed by atoms with Crippen molar-refractivity contribution in [2.75, 3.05) is 11.9 Å². The highest BCUT2D eigenvalue weighted by Crippen LogP contribution is 2.35. The Morgan fingerprint density at radius 1 is 1.38 bits per heavy atom. The van der Waals surface area contributed by atoms with Gasteiger partial charge in [0.15, 0.2) is 5.13 Å². The standard InChI is InChI=1S/C15H19N5O3S3/c1-2-3-11-13(25-19-18-11)14(21)17-15-16-10-6-7-20(8-12(10)24-15)26(22,23)9-4-5-9/h9H,2-8H2,1H3,(H,16,17,21). The van der Waals surface area contributed by atoms with E-state index < -0.39 is 10.0 Å². The number of nitrogens with zero attached hydrogens (tertiary/aromatic N) is 4. The molecule has 0 unspecified atom stereocenters. The molecule has 2 aromatic heterocycles. The van der Waals surface area contributed by atoms with Crippen LogP contribution in [0.4, 0.5) is 5.13 Å². The molecule has 1 fully saturated rings. The number of hydrogen-bond donors (Lipinski definition) is 1. The number of nitrogens with one attached hydrogen (secondary N) is 1. The van der Waals surface area contributed by atoms with E-state index in [0.29, 0.717) is 41.6 Å². The molecule has 1 saturated carbocycles. The molecule has 0 saturated heterocycles. The molecule has 1 amide bonds. The van der Waals surface area contributed by atoms with Gasteiger partial charge >= 0.3 is 0 Å². The van der Waals surface area contributed by atoms with Crippen molar-refractivity contribution in [2.24, 2.45) is 0 Å². The first-order chi connectivity index (χ1) is 12.5. The van der Waals surface area contributed by atoms with E-state index in [-0.39, 0.29) is 11.2 Å². The van der Waals surface area contributed by atoms with E-state index in [2.05, 4.69) is 19.9 Å². The molecule has 0 aromatic carbocycles. The van der Waals surface area contributed by atoms with Crippen LogP contribution in [-0.4, -0.2) is 45.0 Å². The van der Waals surface area contributed by atoms with Crippen LogP contribution in [-0.2, 0) is 29.4 Å². The number of aromatic nitrogens is 3. The highest BCUT2D eigenvalue weighted by atomic mass is 32.2. The van der Waals surface area contributed by atoms with Crippen molar-refractivity contribution in [3.05, 3.63) is 21.1 Å². The number of amides is 1. The number of anilines is 1. The van der Waals surface area contributed by atoms with Crippen molar-refractivity contribution >= 4 is 43.9 Å². The zero-order chi connectivity index (χ0) is 18.3. The van der Waals surface area contributed by atoms with Crippen LogP contribution in [0, 0.1) is 0 Å². The predicted molar refractivity (Wildman–Crippen MR) is 100 cm³/mol. The maximum absolute atomic E-state index is 12.5. The van der Waals surface area contributed by atoms with Crippen LogP contribution in [0.1, 0.15) is 52.1 Å². The summed E-state index contributed by atoms with van der Waals surface area (Å²) in [6.07, 6.45) is 3.71. The Morgan fingerprint density at radius 2 is 2.19 bits per heavy atom. The van der Waals surface area contributed by atoms with Crippen molar-refractivity contribution in [1.29, 1.82) is 0 Å². The second-order valence-corrected chi connectivity index (χ2v) is 10.5. The van der Waals surface area contributed by atoms with E-state index in [1.807, 2.05) is 6.92 Å². The predicted octanol–water partition coefficient (Wildman–Crippen LogP) is 2.05. The Bertz CT molecular complexity index is 932. The first-order valence-electron chi connectivity index (χ1n) is 8.59. The normalized spacial score (nSPS) is 17.9. The van der Waals surface area contributed by atoms with Crippen molar-refractivity contribution in [2.45, 2.75) is 50.8 Å². The molecule has 3 heterocycles. The van der Waals surface area contributed by atoms with Crippen LogP contribution in [0.25, 0.3) is 0 Å². The van der Waals surface area contributed by atoms with Crippen molar-refractivity contribution in [3.8, 4) is 0 Å². The molecule has 2 aromatic rings. The Kier molecular flexibility index (Phi) is 4.80.